The van der Waals surface area contributed by atoms with Crippen LogP contribution in [0.5, 0.6) is 11.5 Å². The smallest absolute Gasteiger partial charge is 0.320 e. The lowest BCUT2D eigenvalue weighted by Gasteiger charge is -2.35. The summed E-state index contributed by atoms with van der Waals surface area (Å²) in [5.41, 5.74) is 2.55. The minimum atomic E-state index is -0.179. The first-order valence-electron chi connectivity index (χ1n) is 10.3. The maximum Gasteiger partial charge on any atom is 0.320 e. The van der Waals surface area contributed by atoms with E-state index in [9.17, 15) is 4.79 Å². The van der Waals surface area contributed by atoms with Crippen LogP contribution in [0.15, 0.2) is 36.7 Å². The summed E-state index contributed by atoms with van der Waals surface area (Å²) >= 11 is 0. The van der Waals surface area contributed by atoms with Crippen LogP contribution in [0, 0.1) is 0 Å². The lowest BCUT2D eigenvalue weighted by molar-refractivity contribution is -0.144. The Bertz CT molecular complexity index is 1060. The summed E-state index contributed by atoms with van der Waals surface area (Å²) in [5, 5.41) is 0. The number of nitrogens with zero attached hydrogens (tertiary/aromatic N) is 5. The largest absolute Gasteiger partial charge is 0.493 e. The molecule has 0 N–H and O–H groups in total. The van der Waals surface area contributed by atoms with Crippen LogP contribution in [0.4, 0.5) is 5.95 Å². The van der Waals surface area contributed by atoms with Crippen molar-refractivity contribution in [3.8, 4) is 22.8 Å². The number of piperazine rings is 1. The van der Waals surface area contributed by atoms with E-state index in [1.54, 1.807) is 20.4 Å². The number of imidazole rings is 1. The first kappa shape index (κ1) is 20.9. The Balaban J connectivity index is 1.60. The minimum Gasteiger partial charge on any atom is -0.493 e. The van der Waals surface area contributed by atoms with Crippen LogP contribution in [0.1, 0.15) is 6.92 Å². The fraction of sp³-hybridized carbons (Fsp3) is 0.409. The van der Waals surface area contributed by atoms with Crippen LogP contribution in [-0.2, 0) is 9.53 Å². The fourth-order valence-electron chi connectivity index (χ4n) is 3.77. The number of anilines is 1. The van der Waals surface area contributed by atoms with Crippen LogP contribution < -0.4 is 14.4 Å². The molecule has 0 atom stereocenters. The summed E-state index contributed by atoms with van der Waals surface area (Å²) in [6, 6.07) is 7.72. The normalized spacial score (nSPS) is 14.6. The number of aromatic nitrogens is 3. The summed E-state index contributed by atoms with van der Waals surface area (Å²) in [5.74, 6) is 1.97. The molecule has 31 heavy (non-hydrogen) atoms. The third kappa shape index (κ3) is 4.41. The van der Waals surface area contributed by atoms with Crippen molar-refractivity contribution in [3.05, 3.63) is 36.7 Å². The molecule has 0 aliphatic carbocycles. The molecule has 9 nitrogen and oxygen atoms in total. The van der Waals surface area contributed by atoms with Crippen molar-refractivity contribution in [2.24, 2.45) is 0 Å². The number of hydrogen-bond acceptors (Lipinski definition) is 8. The van der Waals surface area contributed by atoms with Gasteiger partial charge in [0.25, 0.3) is 0 Å². The van der Waals surface area contributed by atoms with E-state index in [0.717, 1.165) is 49.0 Å². The van der Waals surface area contributed by atoms with Crippen molar-refractivity contribution in [3.63, 3.8) is 0 Å². The Morgan fingerprint density at radius 2 is 1.84 bits per heavy atom. The molecule has 0 spiro atoms. The van der Waals surface area contributed by atoms with Gasteiger partial charge in [0.1, 0.15) is 5.65 Å². The van der Waals surface area contributed by atoms with Gasteiger partial charge in [-0.1, -0.05) is 0 Å². The Hall–Kier alpha value is -3.33. The number of rotatable bonds is 7. The van der Waals surface area contributed by atoms with Gasteiger partial charge in [-0.15, -0.1) is 0 Å². The molecular weight excluding hydrogens is 398 g/mol. The predicted molar refractivity (Wildman–Crippen MR) is 117 cm³/mol. The number of ether oxygens (including phenoxy) is 3. The quantitative estimate of drug-likeness (QED) is 0.533. The zero-order valence-electron chi connectivity index (χ0n) is 18.1. The Labute approximate surface area is 181 Å². The standard InChI is InChI=1S/C22H27N5O4/c1-4-31-21(28)15-25-9-11-26(12-10-25)22-24-17(14-20-23-7-8-27(20)22)16-5-6-18(29-2)19(13-16)30-3/h5-8,13-14H,4,9-12,15H2,1-3H3. The summed E-state index contributed by atoms with van der Waals surface area (Å²) in [6.07, 6.45) is 3.69. The SMILES string of the molecule is CCOC(=O)CN1CCN(c2nc(-c3ccc(OC)c(OC)c3)cc3nccn23)CC1. The van der Waals surface area contributed by atoms with Crippen molar-refractivity contribution in [1.29, 1.82) is 0 Å². The van der Waals surface area contributed by atoms with Gasteiger partial charge in [-0.3, -0.25) is 14.1 Å². The number of carbonyl (C=O) groups excluding carboxylic acids is 1. The second kappa shape index (κ2) is 9.22. The van der Waals surface area contributed by atoms with E-state index >= 15 is 0 Å². The first-order chi connectivity index (χ1) is 15.1. The van der Waals surface area contributed by atoms with E-state index in [-0.39, 0.29) is 5.97 Å². The molecule has 1 saturated heterocycles. The second-order valence-corrected chi connectivity index (χ2v) is 7.23. The lowest BCUT2D eigenvalue weighted by Crippen LogP contribution is -2.49. The maximum absolute atomic E-state index is 11.8. The van der Waals surface area contributed by atoms with E-state index in [0.29, 0.717) is 24.7 Å². The Morgan fingerprint density at radius 3 is 2.55 bits per heavy atom. The highest BCUT2D eigenvalue weighted by molar-refractivity contribution is 5.72. The zero-order chi connectivity index (χ0) is 21.8. The van der Waals surface area contributed by atoms with E-state index in [2.05, 4.69) is 14.8 Å². The lowest BCUT2D eigenvalue weighted by atomic mass is 10.1. The van der Waals surface area contributed by atoms with Crippen molar-refractivity contribution in [2.45, 2.75) is 6.92 Å². The molecule has 1 aliphatic rings. The summed E-state index contributed by atoms with van der Waals surface area (Å²) in [7, 11) is 3.24. The Morgan fingerprint density at radius 1 is 1.06 bits per heavy atom. The maximum atomic E-state index is 11.8. The number of fused-ring (bicyclic) bond motifs is 1. The molecule has 3 heterocycles. The van der Waals surface area contributed by atoms with Gasteiger partial charge >= 0.3 is 5.97 Å². The predicted octanol–water partition coefficient (Wildman–Crippen LogP) is 2.10. The van der Waals surface area contributed by atoms with Gasteiger partial charge in [-0.2, -0.15) is 0 Å². The number of carbonyl (C=O) groups is 1. The minimum absolute atomic E-state index is 0.179. The molecule has 4 rings (SSSR count). The van der Waals surface area contributed by atoms with E-state index in [1.165, 1.54) is 0 Å². The monoisotopic (exact) mass is 425 g/mol. The molecule has 0 saturated carbocycles. The van der Waals surface area contributed by atoms with Crippen LogP contribution in [0.2, 0.25) is 0 Å². The molecular formula is C22H27N5O4. The van der Waals surface area contributed by atoms with Crippen LogP contribution in [0.25, 0.3) is 16.9 Å². The van der Waals surface area contributed by atoms with Gasteiger partial charge in [-0.25, -0.2) is 9.97 Å². The number of benzene rings is 1. The molecule has 0 amide bonds. The molecule has 2 aromatic heterocycles. The molecule has 1 fully saturated rings. The molecule has 164 valence electrons. The molecule has 0 bridgehead atoms. The van der Waals surface area contributed by atoms with Crippen LogP contribution >= 0.6 is 0 Å². The molecule has 0 radical (unpaired) electrons. The van der Waals surface area contributed by atoms with Crippen molar-refractivity contribution >= 4 is 17.6 Å². The van der Waals surface area contributed by atoms with E-state index in [1.807, 2.05) is 41.8 Å². The highest BCUT2D eigenvalue weighted by atomic mass is 16.5. The van der Waals surface area contributed by atoms with Crippen molar-refractivity contribution in [2.75, 3.05) is 58.5 Å². The van der Waals surface area contributed by atoms with Crippen molar-refractivity contribution < 1.29 is 19.0 Å². The Kier molecular flexibility index (Phi) is 6.22. The molecule has 1 aliphatic heterocycles. The van der Waals surface area contributed by atoms with E-state index in [4.69, 9.17) is 19.2 Å². The molecule has 9 heteroatoms. The second-order valence-electron chi connectivity index (χ2n) is 7.23. The van der Waals surface area contributed by atoms with Gasteiger partial charge in [0.15, 0.2) is 11.5 Å². The molecule has 3 aromatic rings. The molecule has 1 aromatic carbocycles. The van der Waals surface area contributed by atoms with Crippen LogP contribution in [0.3, 0.4) is 0 Å². The average molecular weight is 425 g/mol. The summed E-state index contributed by atoms with van der Waals surface area (Å²) in [4.78, 5) is 25.5. The first-order valence-corrected chi connectivity index (χ1v) is 10.3. The highest BCUT2D eigenvalue weighted by Crippen LogP contribution is 2.32. The summed E-state index contributed by atoms with van der Waals surface area (Å²) in [6.45, 7) is 5.59. The van der Waals surface area contributed by atoms with Gasteiger partial charge < -0.3 is 19.1 Å². The number of hydrogen-bond donors (Lipinski definition) is 0. The summed E-state index contributed by atoms with van der Waals surface area (Å²) < 4.78 is 17.9. The number of methoxy groups -OCH3 is 2. The van der Waals surface area contributed by atoms with Gasteiger partial charge in [0.05, 0.1) is 33.1 Å². The fourth-order valence-corrected chi connectivity index (χ4v) is 3.77. The van der Waals surface area contributed by atoms with Gasteiger partial charge in [0.2, 0.25) is 5.95 Å². The van der Waals surface area contributed by atoms with Crippen LogP contribution in [-0.4, -0.2) is 78.8 Å². The molecule has 0 unspecified atom stereocenters. The van der Waals surface area contributed by atoms with Crippen molar-refractivity contribution in [1.82, 2.24) is 19.3 Å². The number of esters is 1. The third-order valence-corrected chi connectivity index (χ3v) is 5.36. The van der Waals surface area contributed by atoms with Gasteiger partial charge in [0, 0.05) is 50.2 Å². The van der Waals surface area contributed by atoms with E-state index < -0.39 is 0 Å². The van der Waals surface area contributed by atoms with Gasteiger partial charge in [-0.05, 0) is 25.1 Å². The highest BCUT2D eigenvalue weighted by Gasteiger charge is 2.23. The third-order valence-electron chi connectivity index (χ3n) is 5.36. The topological polar surface area (TPSA) is 81.4 Å². The average Bonchev–Trinajstić information content (AvgIpc) is 3.27. The zero-order valence-corrected chi connectivity index (χ0v) is 18.1.